The molecule has 1 saturated heterocycles. The van der Waals surface area contributed by atoms with Gasteiger partial charge in [-0.05, 0) is 37.4 Å². The Bertz CT molecular complexity index is 1450. The van der Waals surface area contributed by atoms with Gasteiger partial charge in [-0.15, -0.1) is 0 Å². The van der Waals surface area contributed by atoms with Crippen LogP contribution in [0.2, 0.25) is 0 Å². The number of nitrogens with zero attached hydrogens (tertiary/aromatic N) is 5. The number of likely N-dealkylation sites (N-methyl/N-ethyl adjacent to an activating group) is 1. The first-order valence-electron chi connectivity index (χ1n) is 11.8. The maximum absolute atomic E-state index is 12.4. The fraction of sp³-hybridized carbons (Fsp3) is 0.185. The van der Waals surface area contributed by atoms with Crippen LogP contribution >= 0.6 is 0 Å². The number of fused-ring (bicyclic) bond motifs is 1. The average molecular weight is 502 g/mol. The summed E-state index contributed by atoms with van der Waals surface area (Å²) in [5.74, 6) is 0.416. The van der Waals surface area contributed by atoms with Crippen LogP contribution in [0.4, 0.5) is 31.9 Å². The maximum atomic E-state index is 12.4. The molecular weight excluding hydrogens is 476 g/mol. The van der Waals surface area contributed by atoms with Crippen molar-refractivity contribution in [3.05, 3.63) is 79.0 Å². The Morgan fingerprint density at radius 1 is 0.946 bits per heavy atom. The van der Waals surface area contributed by atoms with E-state index in [4.69, 9.17) is 4.98 Å². The second-order valence-electron chi connectivity index (χ2n) is 8.74. The second-order valence-corrected chi connectivity index (χ2v) is 8.74. The molecule has 2 aromatic heterocycles. The number of para-hydroxylation sites is 1. The number of piperazine rings is 1. The summed E-state index contributed by atoms with van der Waals surface area (Å²) < 4.78 is 24.9. The summed E-state index contributed by atoms with van der Waals surface area (Å²) in [7, 11) is 2.12. The van der Waals surface area contributed by atoms with Gasteiger partial charge in [0.05, 0.1) is 29.2 Å². The number of carbonyl (C=O) groups excluding carboxylic acids is 1. The number of benzene rings is 2. The minimum absolute atomic E-state index is 0.248. The molecule has 1 fully saturated rings. The van der Waals surface area contributed by atoms with Gasteiger partial charge in [-0.1, -0.05) is 30.3 Å². The highest BCUT2D eigenvalue weighted by Gasteiger charge is 2.16. The number of aromatic nitrogens is 3. The highest BCUT2D eigenvalue weighted by Crippen LogP contribution is 2.30. The Labute approximate surface area is 212 Å². The zero-order valence-corrected chi connectivity index (χ0v) is 20.2. The third-order valence-electron chi connectivity index (χ3n) is 6.08. The van der Waals surface area contributed by atoms with Gasteiger partial charge >= 0.3 is 0 Å². The SMILES string of the molecule is CN1CCN(c2ccc(Nc3nc(-c4cccc(NC(=O)C=C(F)F)c4)c4ccccc4n3)cn2)CC1. The van der Waals surface area contributed by atoms with E-state index in [2.05, 4.69) is 37.4 Å². The van der Waals surface area contributed by atoms with Crippen LogP contribution in [0.1, 0.15) is 0 Å². The van der Waals surface area contributed by atoms with Crippen LogP contribution in [0.15, 0.2) is 79.0 Å². The number of halogens is 2. The third-order valence-corrected chi connectivity index (χ3v) is 6.08. The van der Waals surface area contributed by atoms with Crippen LogP contribution in [-0.4, -0.2) is 59.0 Å². The molecule has 0 atom stereocenters. The highest BCUT2D eigenvalue weighted by atomic mass is 19.3. The average Bonchev–Trinajstić information content (AvgIpc) is 2.89. The quantitative estimate of drug-likeness (QED) is 0.363. The Balaban J connectivity index is 1.42. The molecule has 10 heteroatoms. The molecule has 0 bridgehead atoms. The van der Waals surface area contributed by atoms with Crippen molar-refractivity contribution in [2.75, 3.05) is 48.8 Å². The monoisotopic (exact) mass is 501 g/mol. The number of carbonyl (C=O) groups is 1. The van der Waals surface area contributed by atoms with E-state index in [9.17, 15) is 13.6 Å². The van der Waals surface area contributed by atoms with Gasteiger partial charge in [0, 0.05) is 42.8 Å². The summed E-state index contributed by atoms with van der Waals surface area (Å²) in [4.78, 5) is 30.3. The molecule has 37 heavy (non-hydrogen) atoms. The molecular formula is C27H25F2N7O. The first kappa shape index (κ1) is 24.3. The van der Waals surface area contributed by atoms with Gasteiger partial charge in [-0.2, -0.15) is 8.78 Å². The van der Waals surface area contributed by atoms with Crippen LogP contribution in [0.3, 0.4) is 0 Å². The van der Waals surface area contributed by atoms with Crippen LogP contribution in [-0.2, 0) is 4.79 Å². The number of nitrogens with one attached hydrogen (secondary N) is 2. The van der Waals surface area contributed by atoms with Crippen LogP contribution in [0.5, 0.6) is 0 Å². The van der Waals surface area contributed by atoms with Crippen molar-refractivity contribution in [1.29, 1.82) is 0 Å². The van der Waals surface area contributed by atoms with E-state index in [0.29, 0.717) is 22.9 Å². The van der Waals surface area contributed by atoms with Gasteiger partial charge in [0.2, 0.25) is 5.95 Å². The Morgan fingerprint density at radius 3 is 2.51 bits per heavy atom. The van der Waals surface area contributed by atoms with Gasteiger partial charge in [0.1, 0.15) is 5.82 Å². The Morgan fingerprint density at radius 2 is 1.76 bits per heavy atom. The van der Waals surface area contributed by atoms with Crippen LogP contribution in [0.25, 0.3) is 22.2 Å². The zero-order chi connectivity index (χ0) is 25.8. The Hall–Kier alpha value is -4.44. The molecule has 5 rings (SSSR count). The van der Waals surface area contributed by atoms with Crippen LogP contribution in [0, 0.1) is 0 Å². The van der Waals surface area contributed by atoms with Crippen molar-refractivity contribution in [2.24, 2.45) is 0 Å². The van der Waals surface area contributed by atoms with Crippen molar-refractivity contribution in [3.63, 3.8) is 0 Å². The summed E-state index contributed by atoms with van der Waals surface area (Å²) in [6.07, 6.45) is -0.0468. The van der Waals surface area contributed by atoms with E-state index in [1.807, 2.05) is 42.5 Å². The van der Waals surface area contributed by atoms with Crippen molar-refractivity contribution < 1.29 is 13.6 Å². The number of hydrogen-bond acceptors (Lipinski definition) is 7. The van der Waals surface area contributed by atoms with E-state index in [-0.39, 0.29) is 6.08 Å². The van der Waals surface area contributed by atoms with Crippen molar-refractivity contribution in [1.82, 2.24) is 19.9 Å². The lowest BCUT2D eigenvalue weighted by Gasteiger charge is -2.33. The summed E-state index contributed by atoms with van der Waals surface area (Å²) in [5.41, 5.74) is 3.20. The van der Waals surface area contributed by atoms with E-state index >= 15 is 0 Å². The molecule has 8 nitrogen and oxygen atoms in total. The van der Waals surface area contributed by atoms with E-state index in [0.717, 1.165) is 48.6 Å². The zero-order valence-electron chi connectivity index (χ0n) is 20.2. The molecule has 0 saturated carbocycles. The number of amides is 1. The fourth-order valence-corrected chi connectivity index (χ4v) is 4.19. The third kappa shape index (κ3) is 5.87. The molecule has 2 aromatic carbocycles. The lowest BCUT2D eigenvalue weighted by atomic mass is 10.1. The number of rotatable bonds is 6. The smallest absolute Gasteiger partial charge is 0.275 e. The molecule has 0 aliphatic carbocycles. The summed E-state index contributed by atoms with van der Waals surface area (Å²) >= 11 is 0. The summed E-state index contributed by atoms with van der Waals surface area (Å²) in [5, 5.41) is 6.51. The van der Waals surface area contributed by atoms with Gasteiger partial charge in [-0.3, -0.25) is 4.79 Å². The molecule has 1 amide bonds. The van der Waals surface area contributed by atoms with Crippen molar-refractivity contribution >= 4 is 40.0 Å². The van der Waals surface area contributed by atoms with E-state index < -0.39 is 12.0 Å². The summed E-state index contributed by atoms with van der Waals surface area (Å²) in [6.45, 7) is 3.88. The van der Waals surface area contributed by atoms with Crippen molar-refractivity contribution in [3.8, 4) is 11.3 Å². The molecule has 4 aromatic rings. The molecule has 0 radical (unpaired) electrons. The Kier molecular flexibility index (Phi) is 7.00. The highest BCUT2D eigenvalue weighted by molar-refractivity contribution is 6.00. The fourth-order valence-electron chi connectivity index (χ4n) is 4.19. The second kappa shape index (κ2) is 10.7. The predicted octanol–water partition coefficient (Wildman–Crippen LogP) is 4.91. The normalized spacial score (nSPS) is 13.9. The lowest BCUT2D eigenvalue weighted by Crippen LogP contribution is -2.44. The van der Waals surface area contributed by atoms with E-state index in [1.54, 1.807) is 24.4 Å². The lowest BCUT2D eigenvalue weighted by molar-refractivity contribution is -0.112. The van der Waals surface area contributed by atoms with Gasteiger partial charge < -0.3 is 20.4 Å². The van der Waals surface area contributed by atoms with Crippen molar-refractivity contribution in [2.45, 2.75) is 0 Å². The topological polar surface area (TPSA) is 86.3 Å². The summed E-state index contributed by atoms with van der Waals surface area (Å²) in [6, 6.07) is 18.4. The molecule has 2 N–H and O–H groups in total. The van der Waals surface area contributed by atoms with E-state index in [1.165, 1.54) is 0 Å². The minimum Gasteiger partial charge on any atom is -0.354 e. The number of hydrogen-bond donors (Lipinski definition) is 2. The molecule has 3 heterocycles. The first-order valence-corrected chi connectivity index (χ1v) is 11.8. The van der Waals surface area contributed by atoms with Gasteiger partial charge in [0.15, 0.2) is 0 Å². The number of anilines is 4. The largest absolute Gasteiger partial charge is 0.354 e. The molecule has 0 spiro atoms. The van der Waals surface area contributed by atoms with Crippen LogP contribution < -0.4 is 15.5 Å². The predicted molar refractivity (Wildman–Crippen MR) is 141 cm³/mol. The van der Waals surface area contributed by atoms with Gasteiger partial charge in [0.25, 0.3) is 12.0 Å². The molecule has 0 unspecified atom stereocenters. The standard InChI is InChI=1S/C27H25F2N7O/c1-35-11-13-36(14-12-35)24-10-9-20(17-30-24)32-27-33-22-8-3-2-7-21(22)26(34-27)18-5-4-6-19(15-18)31-25(37)16-23(28)29/h2-10,15-17H,11-14H2,1H3,(H,31,37)(H,32,33,34). The molecule has 188 valence electrons. The first-order chi connectivity index (χ1) is 17.9. The maximum Gasteiger partial charge on any atom is 0.275 e. The van der Waals surface area contributed by atoms with Gasteiger partial charge in [-0.25, -0.2) is 15.0 Å². The molecule has 1 aliphatic rings. The molecule has 1 aliphatic heterocycles. The minimum atomic E-state index is -2.06. The number of pyridine rings is 1.